The number of carbonyl (C=O) groups is 1. The fourth-order valence-corrected chi connectivity index (χ4v) is 3.37. The summed E-state index contributed by atoms with van der Waals surface area (Å²) in [6.45, 7) is 4.41. The normalized spacial score (nSPS) is 10.8. The van der Waals surface area contributed by atoms with E-state index >= 15 is 0 Å². The van der Waals surface area contributed by atoms with E-state index in [1.807, 2.05) is 44.4 Å². The molecule has 3 rings (SSSR count). The van der Waals surface area contributed by atoms with Crippen LogP contribution < -0.4 is 10.9 Å². The lowest BCUT2D eigenvalue weighted by Crippen LogP contribution is -2.32. The van der Waals surface area contributed by atoms with E-state index in [1.54, 1.807) is 16.8 Å². The van der Waals surface area contributed by atoms with Gasteiger partial charge in [0.05, 0.1) is 17.8 Å². The zero-order valence-corrected chi connectivity index (χ0v) is 16.3. The van der Waals surface area contributed by atoms with Gasteiger partial charge in [-0.05, 0) is 44.4 Å². The highest BCUT2D eigenvalue weighted by Gasteiger charge is 2.11. The van der Waals surface area contributed by atoms with Crippen LogP contribution >= 0.6 is 11.8 Å². The summed E-state index contributed by atoms with van der Waals surface area (Å²) < 4.78 is 3.03. The van der Waals surface area contributed by atoms with Crippen molar-refractivity contribution in [3.05, 3.63) is 69.8 Å². The molecule has 0 atom stereocenters. The summed E-state index contributed by atoms with van der Waals surface area (Å²) in [5.41, 5.74) is 2.22. The van der Waals surface area contributed by atoms with Crippen LogP contribution in [-0.2, 0) is 6.54 Å². The number of benzene rings is 1. The molecule has 0 unspecified atom stereocenters. The number of thioether (sulfide) groups is 1. The monoisotopic (exact) mass is 383 g/mol. The predicted octanol–water partition coefficient (Wildman–Crippen LogP) is 2.20. The van der Waals surface area contributed by atoms with Crippen LogP contribution in [0.5, 0.6) is 0 Å². The van der Waals surface area contributed by atoms with E-state index in [0.717, 1.165) is 16.3 Å². The first-order valence-corrected chi connectivity index (χ1v) is 9.75. The number of hydrogen-bond acceptors (Lipinski definition) is 5. The second-order valence-corrected chi connectivity index (χ2v) is 6.90. The largest absolute Gasteiger partial charge is 0.350 e. The van der Waals surface area contributed by atoms with E-state index in [0.29, 0.717) is 17.9 Å². The molecular formula is C19H21N5O2S. The molecule has 27 heavy (non-hydrogen) atoms. The Morgan fingerprint density at radius 1 is 1.15 bits per heavy atom. The van der Waals surface area contributed by atoms with Gasteiger partial charge in [-0.2, -0.15) is 5.10 Å². The first-order chi connectivity index (χ1) is 13.0. The SMILES string of the molecule is CSc1ccccc1C(=O)NCCn1nc(-n2nc(C)cc2C)ccc1=O. The zero-order chi connectivity index (χ0) is 19.4. The summed E-state index contributed by atoms with van der Waals surface area (Å²) in [6.07, 6.45) is 1.93. The van der Waals surface area contributed by atoms with Gasteiger partial charge in [0.25, 0.3) is 11.5 Å². The third kappa shape index (κ3) is 4.28. The van der Waals surface area contributed by atoms with E-state index in [2.05, 4.69) is 15.5 Å². The van der Waals surface area contributed by atoms with Gasteiger partial charge in [0.1, 0.15) is 0 Å². The van der Waals surface area contributed by atoms with Crippen molar-refractivity contribution < 1.29 is 4.79 Å². The van der Waals surface area contributed by atoms with Crippen molar-refractivity contribution in [1.82, 2.24) is 24.9 Å². The maximum absolute atomic E-state index is 12.4. The van der Waals surface area contributed by atoms with E-state index in [9.17, 15) is 9.59 Å². The van der Waals surface area contributed by atoms with E-state index in [-0.39, 0.29) is 18.0 Å². The van der Waals surface area contributed by atoms with E-state index in [1.165, 1.54) is 22.5 Å². The highest BCUT2D eigenvalue weighted by Crippen LogP contribution is 2.19. The Bertz CT molecular complexity index is 1020. The van der Waals surface area contributed by atoms with Gasteiger partial charge in [-0.1, -0.05) is 12.1 Å². The van der Waals surface area contributed by atoms with Crippen molar-refractivity contribution in [2.75, 3.05) is 12.8 Å². The van der Waals surface area contributed by atoms with Gasteiger partial charge >= 0.3 is 0 Å². The Balaban J connectivity index is 1.71. The lowest BCUT2D eigenvalue weighted by molar-refractivity contribution is 0.0949. The van der Waals surface area contributed by atoms with Gasteiger partial charge in [0, 0.05) is 23.2 Å². The fourth-order valence-electron chi connectivity index (χ4n) is 2.77. The molecule has 0 bridgehead atoms. The molecule has 1 amide bonds. The summed E-state index contributed by atoms with van der Waals surface area (Å²) in [7, 11) is 0. The minimum atomic E-state index is -0.223. The summed E-state index contributed by atoms with van der Waals surface area (Å²) >= 11 is 1.52. The van der Waals surface area contributed by atoms with Gasteiger partial charge < -0.3 is 5.32 Å². The predicted molar refractivity (Wildman–Crippen MR) is 106 cm³/mol. The molecule has 0 radical (unpaired) electrons. The third-order valence-electron chi connectivity index (χ3n) is 4.04. The highest BCUT2D eigenvalue weighted by molar-refractivity contribution is 7.98. The fraction of sp³-hybridized carbons (Fsp3) is 0.263. The number of hydrogen-bond donors (Lipinski definition) is 1. The Morgan fingerprint density at radius 2 is 1.93 bits per heavy atom. The Morgan fingerprint density at radius 3 is 2.63 bits per heavy atom. The van der Waals surface area contributed by atoms with Crippen LogP contribution in [0.3, 0.4) is 0 Å². The van der Waals surface area contributed by atoms with Crippen LogP contribution in [0.15, 0.2) is 52.2 Å². The van der Waals surface area contributed by atoms with Gasteiger partial charge in [0.15, 0.2) is 5.82 Å². The Labute approximate surface area is 161 Å². The zero-order valence-electron chi connectivity index (χ0n) is 15.5. The summed E-state index contributed by atoms with van der Waals surface area (Å²) in [4.78, 5) is 25.4. The molecule has 2 heterocycles. The lowest BCUT2D eigenvalue weighted by atomic mass is 10.2. The highest BCUT2D eigenvalue weighted by atomic mass is 32.2. The molecule has 7 nitrogen and oxygen atoms in total. The van der Waals surface area contributed by atoms with Crippen molar-refractivity contribution in [1.29, 1.82) is 0 Å². The van der Waals surface area contributed by atoms with Crippen LogP contribution in [0.2, 0.25) is 0 Å². The molecule has 0 spiro atoms. The quantitative estimate of drug-likeness (QED) is 0.660. The van der Waals surface area contributed by atoms with Gasteiger partial charge in [-0.15, -0.1) is 16.9 Å². The second-order valence-electron chi connectivity index (χ2n) is 6.05. The summed E-state index contributed by atoms with van der Waals surface area (Å²) in [5, 5.41) is 11.6. The van der Waals surface area contributed by atoms with Crippen molar-refractivity contribution in [3.63, 3.8) is 0 Å². The molecular weight excluding hydrogens is 362 g/mol. The molecule has 0 fully saturated rings. The standard InChI is InChI=1S/C19H21N5O2S/c1-13-12-14(2)24(21-13)17-8-9-18(25)23(22-17)11-10-20-19(26)15-6-4-5-7-16(15)27-3/h4-9,12H,10-11H2,1-3H3,(H,20,26). The van der Waals surface area contributed by atoms with Gasteiger partial charge in [-0.3, -0.25) is 9.59 Å². The maximum Gasteiger partial charge on any atom is 0.266 e. The first-order valence-electron chi connectivity index (χ1n) is 8.52. The molecule has 0 aliphatic heterocycles. The van der Waals surface area contributed by atoms with Crippen LogP contribution in [-0.4, -0.2) is 38.3 Å². The average Bonchev–Trinajstić information content (AvgIpc) is 3.01. The Hall–Kier alpha value is -2.87. The number of rotatable bonds is 6. The van der Waals surface area contributed by atoms with Crippen molar-refractivity contribution in [2.45, 2.75) is 25.3 Å². The molecule has 140 valence electrons. The van der Waals surface area contributed by atoms with Gasteiger partial charge in [0.2, 0.25) is 0 Å². The van der Waals surface area contributed by atoms with E-state index < -0.39 is 0 Å². The third-order valence-corrected chi connectivity index (χ3v) is 4.84. The first kappa shape index (κ1) is 18.9. The number of nitrogens with zero attached hydrogens (tertiary/aromatic N) is 4. The molecule has 2 aromatic heterocycles. The Kier molecular flexibility index (Phi) is 5.75. The van der Waals surface area contributed by atoms with Gasteiger partial charge in [-0.25, -0.2) is 9.36 Å². The molecule has 8 heteroatoms. The average molecular weight is 383 g/mol. The molecule has 0 saturated heterocycles. The van der Waals surface area contributed by atoms with Crippen molar-refractivity contribution in [3.8, 4) is 5.82 Å². The van der Waals surface area contributed by atoms with Crippen LogP contribution in [0.25, 0.3) is 5.82 Å². The topological polar surface area (TPSA) is 81.8 Å². The molecule has 0 aliphatic rings. The summed E-state index contributed by atoms with van der Waals surface area (Å²) in [6, 6.07) is 12.5. The van der Waals surface area contributed by atoms with Crippen molar-refractivity contribution in [2.24, 2.45) is 0 Å². The van der Waals surface area contributed by atoms with Crippen molar-refractivity contribution >= 4 is 17.7 Å². The number of nitrogens with one attached hydrogen (secondary N) is 1. The van der Waals surface area contributed by atoms with Crippen LogP contribution in [0, 0.1) is 13.8 Å². The van der Waals surface area contributed by atoms with Crippen LogP contribution in [0.4, 0.5) is 0 Å². The number of carbonyl (C=O) groups excluding carboxylic acids is 1. The minimum absolute atomic E-state index is 0.164. The van der Waals surface area contributed by atoms with Crippen LogP contribution in [0.1, 0.15) is 21.7 Å². The molecule has 1 aromatic carbocycles. The molecule has 3 aromatic rings. The molecule has 0 saturated carbocycles. The maximum atomic E-state index is 12.4. The second kappa shape index (κ2) is 8.22. The minimum Gasteiger partial charge on any atom is -0.350 e. The molecule has 1 N–H and O–H groups in total. The number of aryl methyl sites for hydroxylation is 2. The van der Waals surface area contributed by atoms with E-state index in [4.69, 9.17) is 0 Å². The lowest BCUT2D eigenvalue weighted by Gasteiger charge is -2.10. The number of aromatic nitrogens is 4. The summed E-state index contributed by atoms with van der Waals surface area (Å²) in [5.74, 6) is 0.405. The smallest absolute Gasteiger partial charge is 0.266 e. The molecule has 0 aliphatic carbocycles. The number of amides is 1.